The number of nitrogens with zero attached hydrogens (tertiary/aromatic N) is 4. The van der Waals surface area contributed by atoms with Crippen LogP contribution in [0.25, 0.3) is 11.0 Å². The number of fused-ring (bicyclic) bond motifs is 1. The zero-order chi connectivity index (χ0) is 17.1. The molecule has 1 aromatic carbocycles. The molecule has 0 radical (unpaired) electrons. The lowest BCUT2D eigenvalue weighted by atomic mass is 10.2. The van der Waals surface area contributed by atoms with Gasteiger partial charge in [0.25, 0.3) is 0 Å². The third kappa shape index (κ3) is 3.76. The first kappa shape index (κ1) is 16.5. The average Bonchev–Trinajstić information content (AvgIpc) is 3.21. The first-order valence-electron chi connectivity index (χ1n) is 7.90. The van der Waals surface area contributed by atoms with Crippen molar-refractivity contribution in [2.75, 3.05) is 13.6 Å². The minimum Gasteiger partial charge on any atom is -0.345 e. The van der Waals surface area contributed by atoms with Crippen LogP contribution in [-0.2, 0) is 11.2 Å². The van der Waals surface area contributed by atoms with Crippen molar-refractivity contribution in [2.24, 2.45) is 0 Å². The molecule has 1 N–H and O–H groups in total. The molecule has 1 unspecified atom stereocenters. The Morgan fingerprint density at radius 3 is 3.04 bits per heavy atom. The number of amides is 1. The Bertz CT molecular complexity index is 827. The fraction of sp³-hybridized carbons (Fsp3) is 0.353. The molecule has 1 amide bonds. The average molecular weight is 346 g/mol. The van der Waals surface area contributed by atoms with Gasteiger partial charge in [-0.2, -0.15) is 5.10 Å². The van der Waals surface area contributed by atoms with Crippen molar-refractivity contribution < 1.29 is 4.79 Å². The first-order chi connectivity index (χ1) is 11.5. The standard InChI is InChI=1S/C17H20ClN5O/c1-12(23-8-3-7-19-23)10-17(24)22(2)9-6-16-20-14-5-4-13(18)11-15(14)21-16/h3-5,7-8,11-12H,6,9-10H2,1-2H3,(H,20,21). The molecule has 0 fully saturated rings. The van der Waals surface area contributed by atoms with E-state index < -0.39 is 0 Å². The van der Waals surface area contributed by atoms with E-state index in [-0.39, 0.29) is 11.9 Å². The highest BCUT2D eigenvalue weighted by Crippen LogP contribution is 2.17. The van der Waals surface area contributed by atoms with Crippen LogP contribution in [0.5, 0.6) is 0 Å². The predicted molar refractivity (Wildman–Crippen MR) is 94.0 cm³/mol. The number of H-pyrrole nitrogens is 1. The van der Waals surface area contributed by atoms with E-state index in [2.05, 4.69) is 15.1 Å². The Morgan fingerprint density at radius 2 is 2.29 bits per heavy atom. The van der Waals surface area contributed by atoms with E-state index in [4.69, 9.17) is 11.6 Å². The van der Waals surface area contributed by atoms with Gasteiger partial charge < -0.3 is 9.88 Å². The second-order valence-corrected chi connectivity index (χ2v) is 6.39. The summed E-state index contributed by atoms with van der Waals surface area (Å²) in [6.07, 6.45) is 4.69. The highest BCUT2D eigenvalue weighted by molar-refractivity contribution is 6.31. The van der Waals surface area contributed by atoms with Crippen LogP contribution in [0.2, 0.25) is 5.02 Å². The van der Waals surface area contributed by atoms with Crippen LogP contribution in [0.4, 0.5) is 0 Å². The molecule has 0 spiro atoms. The van der Waals surface area contributed by atoms with Gasteiger partial charge in [0.15, 0.2) is 0 Å². The van der Waals surface area contributed by atoms with Crippen LogP contribution in [0.15, 0.2) is 36.7 Å². The van der Waals surface area contributed by atoms with Crippen LogP contribution < -0.4 is 0 Å². The Kier molecular flexibility index (Phi) is 4.85. The number of halogens is 1. The highest BCUT2D eigenvalue weighted by Gasteiger charge is 2.15. The van der Waals surface area contributed by atoms with Crippen molar-refractivity contribution in [3.63, 3.8) is 0 Å². The van der Waals surface area contributed by atoms with Crippen LogP contribution in [0.1, 0.15) is 25.2 Å². The zero-order valence-electron chi connectivity index (χ0n) is 13.7. The van der Waals surface area contributed by atoms with Crippen LogP contribution >= 0.6 is 11.6 Å². The quantitative estimate of drug-likeness (QED) is 0.746. The number of rotatable bonds is 6. The van der Waals surface area contributed by atoms with Gasteiger partial charge in [-0.25, -0.2) is 4.98 Å². The molecular formula is C17H20ClN5O. The highest BCUT2D eigenvalue weighted by atomic mass is 35.5. The van der Waals surface area contributed by atoms with Crippen molar-refractivity contribution >= 4 is 28.5 Å². The molecule has 7 heteroatoms. The molecule has 24 heavy (non-hydrogen) atoms. The lowest BCUT2D eigenvalue weighted by molar-refractivity contribution is -0.130. The van der Waals surface area contributed by atoms with E-state index in [0.29, 0.717) is 24.4 Å². The second kappa shape index (κ2) is 7.05. The maximum atomic E-state index is 12.3. The van der Waals surface area contributed by atoms with E-state index in [1.165, 1.54) is 0 Å². The summed E-state index contributed by atoms with van der Waals surface area (Å²) in [5.74, 6) is 0.948. The topological polar surface area (TPSA) is 66.8 Å². The van der Waals surface area contributed by atoms with E-state index >= 15 is 0 Å². The number of carbonyl (C=O) groups is 1. The molecule has 0 saturated heterocycles. The Balaban J connectivity index is 1.55. The van der Waals surface area contributed by atoms with E-state index in [0.717, 1.165) is 16.9 Å². The largest absolute Gasteiger partial charge is 0.345 e. The molecule has 0 aliphatic carbocycles. The summed E-state index contributed by atoms with van der Waals surface area (Å²) >= 11 is 5.98. The normalized spacial score (nSPS) is 12.5. The first-order valence-corrected chi connectivity index (χ1v) is 8.28. The van der Waals surface area contributed by atoms with Gasteiger partial charge in [0, 0.05) is 43.9 Å². The van der Waals surface area contributed by atoms with Crippen molar-refractivity contribution in [3.05, 3.63) is 47.5 Å². The van der Waals surface area contributed by atoms with E-state index in [9.17, 15) is 4.79 Å². The maximum Gasteiger partial charge on any atom is 0.224 e. The second-order valence-electron chi connectivity index (χ2n) is 5.95. The third-order valence-electron chi connectivity index (χ3n) is 4.05. The van der Waals surface area contributed by atoms with Gasteiger partial charge in [-0.1, -0.05) is 11.6 Å². The Hall–Kier alpha value is -2.34. The molecule has 0 aliphatic heterocycles. The summed E-state index contributed by atoms with van der Waals surface area (Å²) in [4.78, 5) is 21.8. The number of imidazole rings is 1. The lowest BCUT2D eigenvalue weighted by Gasteiger charge is -2.19. The molecule has 0 saturated carbocycles. The van der Waals surface area contributed by atoms with E-state index in [1.54, 1.807) is 15.8 Å². The lowest BCUT2D eigenvalue weighted by Crippen LogP contribution is -2.30. The number of nitrogens with one attached hydrogen (secondary N) is 1. The predicted octanol–water partition coefficient (Wildman–Crippen LogP) is 3.07. The summed E-state index contributed by atoms with van der Waals surface area (Å²) in [6, 6.07) is 7.47. The maximum absolute atomic E-state index is 12.3. The van der Waals surface area contributed by atoms with Gasteiger partial charge >= 0.3 is 0 Å². The van der Waals surface area contributed by atoms with E-state index in [1.807, 2.05) is 44.4 Å². The van der Waals surface area contributed by atoms with Gasteiger partial charge in [0.1, 0.15) is 5.82 Å². The minimum atomic E-state index is 0.0447. The smallest absolute Gasteiger partial charge is 0.224 e. The minimum absolute atomic E-state index is 0.0447. The molecule has 1 atom stereocenters. The molecule has 3 rings (SSSR count). The molecule has 2 heterocycles. The van der Waals surface area contributed by atoms with Gasteiger partial charge in [-0.3, -0.25) is 9.48 Å². The summed E-state index contributed by atoms with van der Waals surface area (Å²) < 4.78 is 1.80. The SMILES string of the molecule is CC(CC(=O)N(C)CCc1nc2ccc(Cl)cc2[nH]1)n1cccn1. The fourth-order valence-electron chi connectivity index (χ4n) is 2.59. The van der Waals surface area contributed by atoms with Crippen molar-refractivity contribution in [1.82, 2.24) is 24.6 Å². The number of aromatic amines is 1. The summed E-state index contributed by atoms with van der Waals surface area (Å²) in [5.41, 5.74) is 1.80. The monoisotopic (exact) mass is 345 g/mol. The van der Waals surface area contributed by atoms with Crippen molar-refractivity contribution in [1.29, 1.82) is 0 Å². The summed E-state index contributed by atoms with van der Waals surface area (Å²) in [6.45, 7) is 2.60. The molecule has 0 aliphatic rings. The molecule has 6 nitrogen and oxygen atoms in total. The third-order valence-corrected chi connectivity index (χ3v) is 4.28. The Morgan fingerprint density at radius 1 is 1.46 bits per heavy atom. The summed E-state index contributed by atoms with van der Waals surface area (Å²) in [5, 5.41) is 4.85. The number of hydrogen-bond donors (Lipinski definition) is 1. The number of likely N-dealkylation sites (N-methyl/N-ethyl adjacent to an activating group) is 1. The number of aromatic nitrogens is 4. The van der Waals surface area contributed by atoms with Gasteiger partial charge in [-0.15, -0.1) is 0 Å². The van der Waals surface area contributed by atoms with Crippen molar-refractivity contribution in [2.45, 2.75) is 25.8 Å². The van der Waals surface area contributed by atoms with Gasteiger partial charge in [0.05, 0.1) is 17.1 Å². The number of hydrogen-bond acceptors (Lipinski definition) is 3. The fourth-order valence-corrected chi connectivity index (χ4v) is 2.77. The number of benzene rings is 1. The van der Waals surface area contributed by atoms with Crippen molar-refractivity contribution in [3.8, 4) is 0 Å². The van der Waals surface area contributed by atoms with Gasteiger partial charge in [-0.05, 0) is 31.2 Å². The van der Waals surface area contributed by atoms with Crippen LogP contribution in [0, 0.1) is 0 Å². The van der Waals surface area contributed by atoms with Gasteiger partial charge in [0.2, 0.25) is 5.91 Å². The molecule has 0 bridgehead atoms. The molecule has 2 aromatic heterocycles. The zero-order valence-corrected chi connectivity index (χ0v) is 14.5. The molecule has 3 aromatic rings. The molecule has 126 valence electrons. The summed E-state index contributed by atoms with van der Waals surface area (Å²) in [7, 11) is 1.82. The van der Waals surface area contributed by atoms with Crippen LogP contribution in [0.3, 0.4) is 0 Å². The molecular weight excluding hydrogens is 326 g/mol. The Labute approximate surface area is 145 Å². The number of carbonyl (C=O) groups excluding carboxylic acids is 1. The van der Waals surface area contributed by atoms with Crippen LogP contribution in [-0.4, -0.2) is 44.1 Å².